The first-order valence-corrected chi connectivity index (χ1v) is 5.52. The highest BCUT2D eigenvalue weighted by atomic mass is 16.4. The highest BCUT2D eigenvalue weighted by Gasteiger charge is 2.27. The van der Waals surface area contributed by atoms with Crippen LogP contribution in [0.15, 0.2) is 18.3 Å². The molecule has 2 unspecified atom stereocenters. The summed E-state index contributed by atoms with van der Waals surface area (Å²) in [6.45, 7) is 6.34. The van der Waals surface area contributed by atoms with Crippen LogP contribution in [0, 0.1) is 11.8 Å². The van der Waals surface area contributed by atoms with Crippen molar-refractivity contribution in [2.24, 2.45) is 11.8 Å². The second-order valence-corrected chi connectivity index (χ2v) is 4.57. The lowest BCUT2D eigenvalue weighted by atomic mass is 10.0. The monoisotopic (exact) mass is 220 g/mol. The number of nitrogens with zero attached hydrogens (tertiary/aromatic N) is 2. The molecule has 1 aliphatic heterocycles. The summed E-state index contributed by atoms with van der Waals surface area (Å²) in [6.07, 6.45) is 1.56. The van der Waals surface area contributed by atoms with Crippen molar-refractivity contribution in [1.29, 1.82) is 0 Å². The molecule has 0 bridgehead atoms. The van der Waals surface area contributed by atoms with Crippen LogP contribution in [-0.4, -0.2) is 29.1 Å². The Morgan fingerprint density at radius 3 is 2.62 bits per heavy atom. The quantitative estimate of drug-likeness (QED) is 0.826. The third-order valence-corrected chi connectivity index (χ3v) is 3.30. The number of aromatic nitrogens is 1. The molecule has 1 aromatic rings. The Bertz CT molecular complexity index is 396. The van der Waals surface area contributed by atoms with E-state index in [4.69, 9.17) is 5.11 Å². The molecule has 1 N–H and O–H groups in total. The van der Waals surface area contributed by atoms with Gasteiger partial charge in [-0.3, -0.25) is 0 Å². The maximum Gasteiger partial charge on any atom is 0.335 e. The third-order valence-electron chi connectivity index (χ3n) is 3.30. The molecule has 1 saturated heterocycles. The second kappa shape index (κ2) is 4.12. The molecule has 4 heteroatoms. The fraction of sp³-hybridized carbons (Fsp3) is 0.500. The third kappa shape index (κ3) is 2.01. The van der Waals surface area contributed by atoms with Crippen molar-refractivity contribution < 1.29 is 9.90 Å². The standard InChI is InChI=1S/C12H16N2O2/c1-8-6-14(7-9(8)2)11-5-10(12(15)16)3-4-13-11/h3-5,8-9H,6-7H2,1-2H3,(H,15,16). The summed E-state index contributed by atoms with van der Waals surface area (Å²) in [5, 5.41) is 8.91. The van der Waals surface area contributed by atoms with Crippen LogP contribution in [0.5, 0.6) is 0 Å². The van der Waals surface area contributed by atoms with Gasteiger partial charge in [0, 0.05) is 19.3 Å². The number of carboxylic acids is 1. The summed E-state index contributed by atoms with van der Waals surface area (Å²) in [4.78, 5) is 17.2. The van der Waals surface area contributed by atoms with Crippen molar-refractivity contribution in [1.82, 2.24) is 4.98 Å². The zero-order valence-corrected chi connectivity index (χ0v) is 9.55. The van der Waals surface area contributed by atoms with Crippen LogP contribution in [0.4, 0.5) is 5.82 Å². The summed E-state index contributed by atoms with van der Waals surface area (Å²) in [5.74, 6) is 1.14. The lowest BCUT2D eigenvalue weighted by molar-refractivity contribution is 0.0697. The van der Waals surface area contributed by atoms with Gasteiger partial charge in [0.1, 0.15) is 5.82 Å². The Hall–Kier alpha value is -1.58. The van der Waals surface area contributed by atoms with Gasteiger partial charge in [-0.15, -0.1) is 0 Å². The number of carboxylic acid groups (broad SMARTS) is 1. The van der Waals surface area contributed by atoms with Crippen molar-refractivity contribution >= 4 is 11.8 Å². The largest absolute Gasteiger partial charge is 0.478 e. The van der Waals surface area contributed by atoms with Gasteiger partial charge in [-0.05, 0) is 24.0 Å². The minimum atomic E-state index is -0.899. The molecule has 1 fully saturated rings. The first-order chi connectivity index (χ1) is 7.58. The minimum Gasteiger partial charge on any atom is -0.478 e. The van der Waals surface area contributed by atoms with E-state index < -0.39 is 5.97 Å². The summed E-state index contributed by atoms with van der Waals surface area (Å²) in [7, 11) is 0. The summed E-state index contributed by atoms with van der Waals surface area (Å²) < 4.78 is 0. The molecule has 16 heavy (non-hydrogen) atoms. The first kappa shape index (κ1) is 10.9. The molecular formula is C12H16N2O2. The van der Waals surface area contributed by atoms with Gasteiger partial charge in [-0.2, -0.15) is 0 Å². The van der Waals surface area contributed by atoms with Crippen LogP contribution >= 0.6 is 0 Å². The van der Waals surface area contributed by atoms with E-state index >= 15 is 0 Å². The second-order valence-electron chi connectivity index (χ2n) is 4.57. The number of hydrogen-bond acceptors (Lipinski definition) is 3. The molecule has 2 heterocycles. The van der Waals surface area contributed by atoms with Crippen LogP contribution in [0.1, 0.15) is 24.2 Å². The highest BCUT2D eigenvalue weighted by molar-refractivity contribution is 5.88. The average molecular weight is 220 g/mol. The maximum atomic E-state index is 10.9. The van der Waals surface area contributed by atoms with Crippen LogP contribution in [0.3, 0.4) is 0 Å². The Balaban J connectivity index is 2.21. The normalized spacial score (nSPS) is 24.8. The molecule has 1 aliphatic rings. The van der Waals surface area contributed by atoms with E-state index in [1.165, 1.54) is 6.07 Å². The molecule has 0 amide bonds. The van der Waals surface area contributed by atoms with E-state index in [1.807, 2.05) is 0 Å². The number of carbonyl (C=O) groups is 1. The molecule has 0 saturated carbocycles. The molecule has 1 aromatic heterocycles. The van der Waals surface area contributed by atoms with E-state index in [0.717, 1.165) is 18.9 Å². The van der Waals surface area contributed by atoms with Gasteiger partial charge in [0.2, 0.25) is 0 Å². The summed E-state index contributed by atoms with van der Waals surface area (Å²) in [5.41, 5.74) is 0.303. The fourth-order valence-electron chi connectivity index (χ4n) is 2.04. The molecule has 0 aromatic carbocycles. The Morgan fingerprint density at radius 2 is 2.06 bits per heavy atom. The number of hydrogen-bond donors (Lipinski definition) is 1. The predicted molar refractivity (Wildman–Crippen MR) is 61.7 cm³/mol. The lowest BCUT2D eigenvalue weighted by Gasteiger charge is -2.17. The molecule has 0 spiro atoms. The molecule has 0 aliphatic carbocycles. The maximum absolute atomic E-state index is 10.9. The van der Waals surface area contributed by atoms with Gasteiger partial charge in [0.05, 0.1) is 5.56 Å². The van der Waals surface area contributed by atoms with Crippen LogP contribution in [0.25, 0.3) is 0 Å². The van der Waals surface area contributed by atoms with Crippen LogP contribution < -0.4 is 4.90 Å². The van der Waals surface area contributed by atoms with Gasteiger partial charge in [0.15, 0.2) is 0 Å². The number of rotatable bonds is 2. The Morgan fingerprint density at radius 1 is 1.44 bits per heavy atom. The van der Waals surface area contributed by atoms with E-state index in [2.05, 4.69) is 23.7 Å². The summed E-state index contributed by atoms with van der Waals surface area (Å²) in [6, 6.07) is 3.17. The molecule has 0 radical (unpaired) electrons. The van der Waals surface area contributed by atoms with Crippen molar-refractivity contribution in [3.05, 3.63) is 23.9 Å². The SMILES string of the molecule is CC1CN(c2cc(C(=O)O)ccn2)CC1C. The fourth-order valence-corrected chi connectivity index (χ4v) is 2.04. The van der Waals surface area contributed by atoms with Crippen LogP contribution in [-0.2, 0) is 0 Å². The number of pyridine rings is 1. The Labute approximate surface area is 94.9 Å². The average Bonchev–Trinajstić information content (AvgIpc) is 2.59. The van der Waals surface area contributed by atoms with Gasteiger partial charge < -0.3 is 10.0 Å². The molecule has 86 valence electrons. The van der Waals surface area contributed by atoms with Crippen molar-refractivity contribution in [2.45, 2.75) is 13.8 Å². The van der Waals surface area contributed by atoms with Gasteiger partial charge in [0.25, 0.3) is 0 Å². The lowest BCUT2D eigenvalue weighted by Crippen LogP contribution is -2.21. The zero-order chi connectivity index (χ0) is 11.7. The number of aromatic carboxylic acids is 1. The summed E-state index contributed by atoms with van der Waals surface area (Å²) >= 11 is 0. The molecular weight excluding hydrogens is 204 g/mol. The van der Waals surface area contributed by atoms with Gasteiger partial charge in [-0.25, -0.2) is 9.78 Å². The van der Waals surface area contributed by atoms with E-state index in [-0.39, 0.29) is 0 Å². The minimum absolute atomic E-state index is 0.303. The van der Waals surface area contributed by atoms with Crippen LogP contribution in [0.2, 0.25) is 0 Å². The van der Waals surface area contributed by atoms with Crippen molar-refractivity contribution in [3.63, 3.8) is 0 Å². The van der Waals surface area contributed by atoms with E-state index in [1.54, 1.807) is 12.3 Å². The smallest absolute Gasteiger partial charge is 0.335 e. The van der Waals surface area contributed by atoms with Gasteiger partial charge in [-0.1, -0.05) is 13.8 Å². The van der Waals surface area contributed by atoms with Gasteiger partial charge >= 0.3 is 5.97 Å². The topological polar surface area (TPSA) is 53.4 Å². The molecule has 2 atom stereocenters. The predicted octanol–water partition coefficient (Wildman–Crippen LogP) is 1.87. The van der Waals surface area contributed by atoms with Crippen molar-refractivity contribution in [2.75, 3.05) is 18.0 Å². The Kier molecular flexibility index (Phi) is 2.81. The molecule has 4 nitrogen and oxygen atoms in total. The van der Waals surface area contributed by atoms with E-state index in [9.17, 15) is 4.79 Å². The van der Waals surface area contributed by atoms with Crippen molar-refractivity contribution in [3.8, 4) is 0 Å². The highest BCUT2D eigenvalue weighted by Crippen LogP contribution is 2.26. The molecule has 2 rings (SSSR count). The first-order valence-electron chi connectivity index (χ1n) is 5.52. The van der Waals surface area contributed by atoms with E-state index in [0.29, 0.717) is 17.4 Å². The number of anilines is 1. The zero-order valence-electron chi connectivity index (χ0n) is 9.55.